The molecule has 4 nitrogen and oxygen atoms in total. The summed E-state index contributed by atoms with van der Waals surface area (Å²) in [6.07, 6.45) is 6.02. The van der Waals surface area contributed by atoms with Crippen molar-refractivity contribution in [3.8, 4) is 11.5 Å². The maximum atomic E-state index is 12.4. The third-order valence-electron chi connectivity index (χ3n) is 4.52. The number of hydrogen-bond acceptors (Lipinski definition) is 3. The number of carbonyl (C=O) groups is 1. The van der Waals surface area contributed by atoms with E-state index in [0.717, 1.165) is 19.3 Å². The van der Waals surface area contributed by atoms with Gasteiger partial charge in [0.05, 0.1) is 13.2 Å². The van der Waals surface area contributed by atoms with Gasteiger partial charge in [-0.2, -0.15) is 8.78 Å². The topological polar surface area (TPSA) is 47.6 Å². The predicted octanol–water partition coefficient (Wildman–Crippen LogP) is 4.50. The summed E-state index contributed by atoms with van der Waals surface area (Å²) < 4.78 is 34.2. The van der Waals surface area contributed by atoms with E-state index in [2.05, 4.69) is 22.2 Å². The van der Waals surface area contributed by atoms with Gasteiger partial charge in [0.2, 0.25) is 5.91 Å². The van der Waals surface area contributed by atoms with E-state index in [9.17, 15) is 13.6 Å². The van der Waals surface area contributed by atoms with Gasteiger partial charge >= 0.3 is 6.61 Å². The van der Waals surface area contributed by atoms with Crippen LogP contribution in [0.2, 0.25) is 0 Å². The Bertz CT molecular complexity index is 836. The van der Waals surface area contributed by atoms with Gasteiger partial charge in [-0.05, 0) is 54.2 Å². The number of methoxy groups -OCH3 is 1. The lowest BCUT2D eigenvalue weighted by atomic mass is 9.88. The number of carbonyl (C=O) groups excluding carboxylic acids is 1. The molecule has 2 aromatic carbocycles. The van der Waals surface area contributed by atoms with Crippen molar-refractivity contribution in [2.24, 2.45) is 0 Å². The Morgan fingerprint density at radius 3 is 2.81 bits per heavy atom. The van der Waals surface area contributed by atoms with Gasteiger partial charge in [-0.25, -0.2) is 0 Å². The molecule has 0 bridgehead atoms. The van der Waals surface area contributed by atoms with Gasteiger partial charge in [0, 0.05) is 6.08 Å². The van der Waals surface area contributed by atoms with Gasteiger partial charge in [-0.15, -0.1) is 0 Å². The Balaban J connectivity index is 1.67. The number of amides is 1. The Labute approximate surface area is 156 Å². The molecule has 1 amide bonds. The van der Waals surface area contributed by atoms with E-state index < -0.39 is 6.61 Å². The number of benzene rings is 2. The van der Waals surface area contributed by atoms with Crippen molar-refractivity contribution in [3.63, 3.8) is 0 Å². The molecule has 0 fully saturated rings. The number of nitrogens with one attached hydrogen (secondary N) is 1. The largest absolute Gasteiger partial charge is 0.493 e. The van der Waals surface area contributed by atoms with Crippen LogP contribution in [-0.2, 0) is 11.2 Å². The zero-order valence-corrected chi connectivity index (χ0v) is 15.0. The number of alkyl halides is 2. The molecule has 142 valence electrons. The van der Waals surface area contributed by atoms with Crippen molar-refractivity contribution in [2.75, 3.05) is 7.11 Å². The second-order valence-electron chi connectivity index (χ2n) is 6.27. The van der Waals surface area contributed by atoms with Crippen molar-refractivity contribution in [2.45, 2.75) is 31.9 Å². The van der Waals surface area contributed by atoms with Crippen LogP contribution in [0.3, 0.4) is 0 Å². The Hall–Kier alpha value is -2.89. The summed E-state index contributed by atoms with van der Waals surface area (Å²) in [5.74, 6) is -0.0736. The number of fused-ring (bicyclic) bond motifs is 1. The van der Waals surface area contributed by atoms with E-state index >= 15 is 0 Å². The Morgan fingerprint density at radius 1 is 1.22 bits per heavy atom. The Morgan fingerprint density at radius 2 is 2.04 bits per heavy atom. The average molecular weight is 373 g/mol. The zero-order chi connectivity index (χ0) is 19.2. The molecule has 27 heavy (non-hydrogen) atoms. The third kappa shape index (κ3) is 4.84. The van der Waals surface area contributed by atoms with E-state index in [1.165, 1.54) is 36.4 Å². The summed E-state index contributed by atoms with van der Waals surface area (Å²) in [4.78, 5) is 12.3. The molecule has 6 heteroatoms. The highest BCUT2D eigenvalue weighted by molar-refractivity contribution is 5.92. The quantitative estimate of drug-likeness (QED) is 0.758. The maximum Gasteiger partial charge on any atom is 0.387 e. The highest BCUT2D eigenvalue weighted by atomic mass is 19.3. The summed E-state index contributed by atoms with van der Waals surface area (Å²) in [5.41, 5.74) is 3.09. The van der Waals surface area contributed by atoms with Crippen LogP contribution in [0.25, 0.3) is 6.08 Å². The minimum atomic E-state index is -2.93. The van der Waals surface area contributed by atoms with E-state index in [-0.39, 0.29) is 23.4 Å². The van der Waals surface area contributed by atoms with E-state index in [0.29, 0.717) is 5.56 Å². The maximum absolute atomic E-state index is 12.4. The molecule has 1 atom stereocenters. The van der Waals surface area contributed by atoms with Gasteiger partial charge in [0.1, 0.15) is 0 Å². The lowest BCUT2D eigenvalue weighted by molar-refractivity contribution is -0.117. The second kappa shape index (κ2) is 8.66. The third-order valence-corrected chi connectivity index (χ3v) is 4.52. The number of rotatable bonds is 6. The molecule has 0 radical (unpaired) electrons. The van der Waals surface area contributed by atoms with Crippen LogP contribution in [-0.4, -0.2) is 19.6 Å². The van der Waals surface area contributed by atoms with Crippen LogP contribution in [0.15, 0.2) is 48.5 Å². The fraction of sp³-hybridized carbons (Fsp3) is 0.286. The van der Waals surface area contributed by atoms with Crippen molar-refractivity contribution < 1.29 is 23.0 Å². The number of aryl methyl sites for hydroxylation is 1. The van der Waals surface area contributed by atoms with Crippen LogP contribution in [0.1, 0.15) is 35.6 Å². The molecule has 1 aliphatic carbocycles. The monoisotopic (exact) mass is 373 g/mol. The molecule has 3 rings (SSSR count). The molecule has 1 aliphatic rings. The second-order valence-corrected chi connectivity index (χ2v) is 6.27. The highest BCUT2D eigenvalue weighted by Gasteiger charge is 2.20. The first-order valence-electron chi connectivity index (χ1n) is 8.76. The van der Waals surface area contributed by atoms with Crippen LogP contribution in [0.4, 0.5) is 8.78 Å². The SMILES string of the molecule is COc1cc(/C=C/C(=O)NC2CCCc3ccccc32)ccc1OC(F)F. The molecule has 1 unspecified atom stereocenters. The first-order valence-corrected chi connectivity index (χ1v) is 8.76. The predicted molar refractivity (Wildman–Crippen MR) is 98.9 cm³/mol. The molecule has 2 aromatic rings. The van der Waals surface area contributed by atoms with Crippen LogP contribution >= 0.6 is 0 Å². The van der Waals surface area contributed by atoms with Crippen molar-refractivity contribution in [3.05, 3.63) is 65.2 Å². The molecule has 0 aliphatic heterocycles. The van der Waals surface area contributed by atoms with Gasteiger partial charge in [-0.1, -0.05) is 30.3 Å². The first kappa shape index (κ1) is 18.9. The number of halogens is 2. The minimum absolute atomic E-state index is 0.00320. The average Bonchev–Trinajstić information content (AvgIpc) is 2.67. The Kier molecular flexibility index (Phi) is 6.06. The van der Waals surface area contributed by atoms with E-state index in [1.54, 1.807) is 12.1 Å². The summed E-state index contributed by atoms with van der Waals surface area (Å²) in [6, 6.07) is 12.7. The van der Waals surface area contributed by atoms with Crippen LogP contribution in [0, 0.1) is 0 Å². The summed E-state index contributed by atoms with van der Waals surface area (Å²) in [7, 11) is 1.37. The fourth-order valence-electron chi connectivity index (χ4n) is 3.28. The van der Waals surface area contributed by atoms with Crippen molar-refractivity contribution >= 4 is 12.0 Å². The summed E-state index contributed by atoms with van der Waals surface area (Å²) in [5, 5.41) is 3.03. The van der Waals surface area contributed by atoms with Gasteiger partial charge in [0.25, 0.3) is 0 Å². The minimum Gasteiger partial charge on any atom is -0.493 e. The zero-order valence-electron chi connectivity index (χ0n) is 15.0. The lowest BCUT2D eigenvalue weighted by Gasteiger charge is -2.25. The van der Waals surface area contributed by atoms with Gasteiger partial charge in [0.15, 0.2) is 11.5 Å². The van der Waals surface area contributed by atoms with Crippen molar-refractivity contribution in [1.29, 1.82) is 0 Å². The fourth-order valence-corrected chi connectivity index (χ4v) is 3.28. The highest BCUT2D eigenvalue weighted by Crippen LogP contribution is 2.31. The molecule has 0 heterocycles. The molecule has 0 aromatic heterocycles. The summed E-state index contributed by atoms with van der Waals surface area (Å²) >= 11 is 0. The van der Waals surface area contributed by atoms with E-state index in [1.807, 2.05) is 12.1 Å². The molecular weight excluding hydrogens is 352 g/mol. The van der Waals surface area contributed by atoms with Crippen LogP contribution in [0.5, 0.6) is 11.5 Å². The molecule has 1 N–H and O–H groups in total. The molecule has 0 spiro atoms. The normalized spacial score (nSPS) is 16.2. The lowest BCUT2D eigenvalue weighted by Crippen LogP contribution is -2.29. The number of hydrogen-bond donors (Lipinski definition) is 1. The van der Waals surface area contributed by atoms with Crippen LogP contribution < -0.4 is 14.8 Å². The number of ether oxygens (including phenoxy) is 2. The van der Waals surface area contributed by atoms with Gasteiger partial charge < -0.3 is 14.8 Å². The molecular formula is C21H21F2NO3. The molecule has 0 saturated heterocycles. The standard InChI is InChI=1S/C21H21F2NO3/c1-26-19-13-14(9-11-18(19)27-21(22)23)10-12-20(25)24-17-8-4-6-15-5-2-3-7-16(15)17/h2-3,5,7,9-13,17,21H,4,6,8H2,1H3,(H,24,25)/b12-10+. The van der Waals surface area contributed by atoms with Gasteiger partial charge in [-0.3, -0.25) is 4.79 Å². The molecule has 0 saturated carbocycles. The summed E-state index contributed by atoms with van der Waals surface area (Å²) in [6.45, 7) is -2.93. The first-order chi connectivity index (χ1) is 13.1. The smallest absolute Gasteiger partial charge is 0.387 e. The van der Waals surface area contributed by atoms with E-state index in [4.69, 9.17) is 4.74 Å². The van der Waals surface area contributed by atoms with Crippen molar-refractivity contribution in [1.82, 2.24) is 5.32 Å².